The van der Waals surface area contributed by atoms with Crippen LogP contribution in [0.15, 0.2) is 29.4 Å². The molecule has 0 N–H and O–H groups in total. The summed E-state index contributed by atoms with van der Waals surface area (Å²) in [6, 6.07) is 4.88. The molecule has 2 aromatic rings. The molecule has 0 saturated carbocycles. The molecular formula is C18H23ClN2O3S. The molecule has 7 heteroatoms. The zero-order chi connectivity index (χ0) is 18.8. The molecule has 136 valence electrons. The molecule has 0 saturated heterocycles. The fourth-order valence-corrected chi connectivity index (χ4v) is 3.16. The lowest BCUT2D eigenvalue weighted by Crippen LogP contribution is -2.18. The highest BCUT2D eigenvalue weighted by atomic mass is 35.5. The van der Waals surface area contributed by atoms with Gasteiger partial charge in [0.1, 0.15) is 5.75 Å². The van der Waals surface area contributed by atoms with E-state index in [2.05, 4.69) is 25.8 Å². The van der Waals surface area contributed by atoms with Crippen molar-refractivity contribution in [2.24, 2.45) is 4.99 Å². The minimum Gasteiger partial charge on any atom is -0.496 e. The van der Waals surface area contributed by atoms with E-state index in [1.165, 1.54) is 18.6 Å². The number of halogens is 1. The predicted octanol–water partition coefficient (Wildman–Crippen LogP) is 4.49. The van der Waals surface area contributed by atoms with Gasteiger partial charge in [-0.25, -0.2) is 0 Å². The zero-order valence-electron chi connectivity index (χ0n) is 15.3. The molecule has 0 aliphatic rings. The molecule has 1 aromatic carbocycles. The number of carbonyl (C=O) groups excluding carboxylic acids is 1. The number of rotatable bonds is 4. The Kier molecular flexibility index (Phi) is 5.95. The van der Waals surface area contributed by atoms with Gasteiger partial charge < -0.3 is 9.47 Å². The number of hydrogen-bond donors (Lipinski definition) is 0. The second-order valence-electron chi connectivity index (χ2n) is 6.81. The third kappa shape index (κ3) is 4.86. The van der Waals surface area contributed by atoms with Gasteiger partial charge in [0.2, 0.25) is 0 Å². The lowest BCUT2D eigenvalue weighted by Gasteiger charge is -2.19. The lowest BCUT2D eigenvalue weighted by molar-refractivity contribution is 0.0995. The van der Waals surface area contributed by atoms with Crippen LogP contribution in [0.1, 0.15) is 45.0 Å². The van der Waals surface area contributed by atoms with Crippen molar-refractivity contribution in [2.75, 3.05) is 7.11 Å². The highest BCUT2D eigenvalue weighted by molar-refractivity contribution is 7.04. The number of benzene rings is 1. The van der Waals surface area contributed by atoms with Crippen LogP contribution in [0, 0.1) is 0 Å². The van der Waals surface area contributed by atoms with E-state index in [1.807, 2.05) is 24.0 Å². The molecule has 0 bridgehead atoms. The fraction of sp³-hybridized carbons (Fsp3) is 0.444. The van der Waals surface area contributed by atoms with Gasteiger partial charge in [0.05, 0.1) is 25.0 Å². The third-order valence-electron chi connectivity index (χ3n) is 3.25. The van der Waals surface area contributed by atoms with Crippen LogP contribution >= 0.6 is 23.1 Å². The smallest absolute Gasteiger partial charge is 0.282 e. The molecule has 0 atom stereocenters. The highest BCUT2D eigenvalue weighted by Gasteiger charge is 2.19. The molecule has 1 aromatic heterocycles. The summed E-state index contributed by atoms with van der Waals surface area (Å²) >= 11 is 7.39. The number of ether oxygens (including phenoxy) is 2. The average molecular weight is 383 g/mol. The Labute approximate surface area is 157 Å². The maximum atomic E-state index is 12.7. The normalized spacial score (nSPS) is 12.6. The second kappa shape index (κ2) is 7.62. The summed E-state index contributed by atoms with van der Waals surface area (Å²) < 4.78 is 13.6. The Balaban J connectivity index is 2.54. The molecule has 5 nitrogen and oxygen atoms in total. The van der Waals surface area contributed by atoms with Crippen molar-refractivity contribution >= 4 is 29.0 Å². The predicted molar refractivity (Wildman–Crippen MR) is 101 cm³/mol. The molecule has 25 heavy (non-hydrogen) atoms. The van der Waals surface area contributed by atoms with Crippen LogP contribution in [0.5, 0.6) is 11.5 Å². The van der Waals surface area contributed by atoms with Crippen LogP contribution in [0.2, 0.25) is 5.02 Å². The van der Waals surface area contributed by atoms with E-state index in [0.29, 0.717) is 26.8 Å². The highest BCUT2D eigenvalue weighted by Crippen LogP contribution is 2.24. The average Bonchev–Trinajstić information content (AvgIpc) is 2.89. The quantitative estimate of drug-likeness (QED) is 0.782. The van der Waals surface area contributed by atoms with Gasteiger partial charge in [-0.1, -0.05) is 11.6 Å². The minimum absolute atomic E-state index is 0.0206. The van der Waals surface area contributed by atoms with Crippen molar-refractivity contribution < 1.29 is 14.3 Å². The van der Waals surface area contributed by atoms with Gasteiger partial charge in [0.25, 0.3) is 5.91 Å². The van der Waals surface area contributed by atoms with E-state index in [0.717, 1.165) is 0 Å². The monoisotopic (exact) mass is 382 g/mol. The zero-order valence-corrected chi connectivity index (χ0v) is 16.9. The first-order valence-electron chi connectivity index (χ1n) is 7.94. The molecule has 1 heterocycles. The first kappa shape index (κ1) is 19.5. The lowest BCUT2D eigenvalue weighted by atomic mass is 10.1. The van der Waals surface area contributed by atoms with E-state index in [-0.39, 0.29) is 11.6 Å². The summed E-state index contributed by atoms with van der Waals surface area (Å²) in [5, 5.41) is 0.453. The molecule has 0 radical (unpaired) electrons. The summed E-state index contributed by atoms with van der Waals surface area (Å²) in [6.07, 6.45) is 1.86. The summed E-state index contributed by atoms with van der Waals surface area (Å²) in [7, 11) is 1.51. The maximum absolute atomic E-state index is 12.7. The van der Waals surface area contributed by atoms with Gasteiger partial charge >= 0.3 is 0 Å². The molecule has 0 aliphatic carbocycles. The number of methoxy groups -OCH3 is 1. The minimum atomic E-state index is -0.420. The van der Waals surface area contributed by atoms with Crippen molar-refractivity contribution in [1.29, 1.82) is 0 Å². The molecule has 0 aliphatic heterocycles. The molecular weight excluding hydrogens is 360 g/mol. The van der Waals surface area contributed by atoms with Gasteiger partial charge in [-0.2, -0.15) is 4.99 Å². The summed E-state index contributed by atoms with van der Waals surface area (Å²) in [5.41, 5.74) is 0.186. The van der Waals surface area contributed by atoms with E-state index >= 15 is 0 Å². The standard InChI is InChI=1S/C18H23ClN2O3S/c1-11(2)24-15-10-21(18(3,4)5)25-17(15)20-16(22)13-9-12(19)7-8-14(13)23-6/h7-11H,1-6H3/b20-17-. The fourth-order valence-electron chi connectivity index (χ4n) is 2.07. The van der Waals surface area contributed by atoms with Gasteiger partial charge in [-0.15, -0.1) is 0 Å². The third-order valence-corrected chi connectivity index (χ3v) is 4.80. The first-order valence-corrected chi connectivity index (χ1v) is 9.09. The molecule has 0 spiro atoms. The van der Waals surface area contributed by atoms with Crippen LogP contribution < -0.4 is 14.1 Å². The molecule has 1 amide bonds. The summed E-state index contributed by atoms with van der Waals surface area (Å²) in [5.74, 6) is 0.602. The van der Waals surface area contributed by atoms with Crippen molar-refractivity contribution in [3.63, 3.8) is 0 Å². The largest absolute Gasteiger partial charge is 0.496 e. The van der Waals surface area contributed by atoms with E-state index < -0.39 is 5.91 Å². The summed E-state index contributed by atoms with van der Waals surface area (Å²) in [6.45, 7) is 10.1. The van der Waals surface area contributed by atoms with Crippen LogP contribution in [0.25, 0.3) is 0 Å². The second-order valence-corrected chi connectivity index (χ2v) is 8.21. The van der Waals surface area contributed by atoms with Crippen LogP contribution in [-0.2, 0) is 5.54 Å². The van der Waals surface area contributed by atoms with Crippen LogP contribution in [0.4, 0.5) is 0 Å². The van der Waals surface area contributed by atoms with Crippen molar-refractivity contribution in [3.05, 3.63) is 39.7 Å². The van der Waals surface area contributed by atoms with Crippen molar-refractivity contribution in [2.45, 2.75) is 46.3 Å². The first-order chi connectivity index (χ1) is 11.6. The molecule has 0 fully saturated rings. The van der Waals surface area contributed by atoms with Crippen molar-refractivity contribution in [1.82, 2.24) is 3.96 Å². The van der Waals surface area contributed by atoms with Crippen molar-refractivity contribution in [3.8, 4) is 11.5 Å². The number of aromatic nitrogens is 1. The van der Waals surface area contributed by atoms with Crippen LogP contribution in [0.3, 0.4) is 0 Å². The number of nitrogens with zero attached hydrogens (tertiary/aromatic N) is 2. The molecule has 2 rings (SSSR count). The topological polar surface area (TPSA) is 52.8 Å². The van der Waals surface area contributed by atoms with E-state index in [1.54, 1.807) is 18.2 Å². The maximum Gasteiger partial charge on any atom is 0.282 e. The number of amides is 1. The van der Waals surface area contributed by atoms with Gasteiger partial charge in [0.15, 0.2) is 10.4 Å². The Bertz CT molecular complexity index is 832. The summed E-state index contributed by atoms with van der Waals surface area (Å²) in [4.78, 5) is 16.9. The number of hydrogen-bond acceptors (Lipinski definition) is 4. The Hall–Kier alpha value is -1.79. The van der Waals surface area contributed by atoms with Crippen LogP contribution in [-0.4, -0.2) is 23.1 Å². The Morgan fingerprint density at radius 2 is 1.96 bits per heavy atom. The van der Waals surface area contributed by atoms with E-state index in [4.69, 9.17) is 21.1 Å². The van der Waals surface area contributed by atoms with Gasteiger partial charge in [-0.05, 0) is 64.4 Å². The SMILES string of the molecule is COc1ccc(Cl)cc1C(=O)/N=c1\sn(C(C)(C)C)cc1OC(C)C. The Morgan fingerprint density at radius 3 is 2.52 bits per heavy atom. The molecule has 0 unspecified atom stereocenters. The van der Waals surface area contributed by atoms with E-state index in [9.17, 15) is 4.79 Å². The number of carbonyl (C=O) groups is 1. The Morgan fingerprint density at radius 1 is 1.28 bits per heavy atom. The van der Waals surface area contributed by atoms with Gasteiger partial charge in [0, 0.05) is 10.6 Å². The van der Waals surface area contributed by atoms with Gasteiger partial charge in [-0.3, -0.25) is 8.75 Å².